The van der Waals surface area contributed by atoms with E-state index in [1.807, 2.05) is 6.92 Å². The number of nitrogens with zero attached hydrogens (tertiary/aromatic N) is 5. The summed E-state index contributed by atoms with van der Waals surface area (Å²) >= 11 is 0. The van der Waals surface area contributed by atoms with E-state index in [0.29, 0.717) is 36.2 Å². The van der Waals surface area contributed by atoms with Crippen molar-refractivity contribution < 1.29 is 13.9 Å². The number of rotatable bonds is 4. The third kappa shape index (κ3) is 4.53. The smallest absolute Gasteiger partial charge is 0.274 e. The van der Waals surface area contributed by atoms with E-state index in [0.717, 1.165) is 18.5 Å². The van der Waals surface area contributed by atoms with Crippen molar-refractivity contribution in [3.05, 3.63) is 72.0 Å². The lowest BCUT2D eigenvalue weighted by atomic mass is 9.95. The number of halogens is 1. The van der Waals surface area contributed by atoms with Crippen molar-refractivity contribution in [2.24, 2.45) is 0 Å². The summed E-state index contributed by atoms with van der Waals surface area (Å²) in [4.78, 5) is 31.5. The summed E-state index contributed by atoms with van der Waals surface area (Å²) in [7, 11) is 0. The highest BCUT2D eigenvalue weighted by Gasteiger charge is 2.27. The maximum atomic E-state index is 13.1. The number of ether oxygens (including phenoxy) is 1. The Bertz CT molecular complexity index is 990. The fourth-order valence-electron chi connectivity index (χ4n) is 3.33. The van der Waals surface area contributed by atoms with Crippen LogP contribution in [0.3, 0.4) is 0 Å². The minimum Gasteiger partial charge on any atom is -0.439 e. The van der Waals surface area contributed by atoms with Gasteiger partial charge in [-0.15, -0.1) is 0 Å². The van der Waals surface area contributed by atoms with E-state index < -0.39 is 0 Å². The summed E-state index contributed by atoms with van der Waals surface area (Å²) in [6, 6.07) is 7.55. The van der Waals surface area contributed by atoms with Gasteiger partial charge in [0.1, 0.15) is 23.1 Å². The van der Waals surface area contributed by atoms with Gasteiger partial charge in [-0.2, -0.15) is 4.98 Å². The highest BCUT2D eigenvalue weighted by atomic mass is 19.1. The van der Waals surface area contributed by atoms with Gasteiger partial charge in [-0.3, -0.25) is 9.78 Å². The van der Waals surface area contributed by atoms with Crippen molar-refractivity contribution >= 4 is 5.91 Å². The van der Waals surface area contributed by atoms with Gasteiger partial charge in [-0.05, 0) is 44.0 Å². The molecule has 0 aliphatic carbocycles. The fraction of sp³-hybridized carbons (Fsp3) is 0.286. The quantitative estimate of drug-likeness (QED) is 0.675. The molecule has 0 bridgehead atoms. The summed E-state index contributed by atoms with van der Waals surface area (Å²) < 4.78 is 18.8. The number of aryl methyl sites for hydroxylation is 1. The van der Waals surface area contributed by atoms with Crippen LogP contribution in [-0.2, 0) is 0 Å². The molecule has 1 fully saturated rings. The standard InChI is InChI=1S/C21H20FN5O2/c1-14-12-19(29-17-4-2-16(22)3-5-17)26-20(25-14)15-6-10-27(11-7-15)21(28)18-13-23-8-9-24-18/h2-5,8-9,12-13,15H,6-7,10-11H2,1H3. The van der Waals surface area contributed by atoms with Gasteiger partial charge in [0.25, 0.3) is 5.91 Å². The third-order valence-electron chi connectivity index (χ3n) is 4.81. The molecule has 3 heterocycles. The number of carbonyl (C=O) groups excluding carboxylic acids is 1. The zero-order valence-corrected chi connectivity index (χ0v) is 16.0. The van der Waals surface area contributed by atoms with Gasteiger partial charge in [0.2, 0.25) is 5.88 Å². The predicted octanol–water partition coefficient (Wildman–Crippen LogP) is 3.53. The molecule has 29 heavy (non-hydrogen) atoms. The minimum atomic E-state index is -0.320. The average Bonchev–Trinajstić information content (AvgIpc) is 2.75. The van der Waals surface area contributed by atoms with E-state index in [4.69, 9.17) is 4.74 Å². The normalized spacial score (nSPS) is 14.6. The lowest BCUT2D eigenvalue weighted by molar-refractivity contribution is 0.0704. The van der Waals surface area contributed by atoms with Crippen molar-refractivity contribution in [3.8, 4) is 11.6 Å². The van der Waals surface area contributed by atoms with Gasteiger partial charge in [0.15, 0.2) is 0 Å². The van der Waals surface area contributed by atoms with Crippen LogP contribution in [0.2, 0.25) is 0 Å². The van der Waals surface area contributed by atoms with Crippen molar-refractivity contribution in [3.63, 3.8) is 0 Å². The first-order valence-corrected chi connectivity index (χ1v) is 9.43. The Balaban J connectivity index is 1.43. The number of hydrogen-bond acceptors (Lipinski definition) is 6. The number of likely N-dealkylation sites (tertiary alicyclic amines) is 1. The minimum absolute atomic E-state index is 0.109. The molecule has 1 amide bonds. The molecule has 7 nitrogen and oxygen atoms in total. The largest absolute Gasteiger partial charge is 0.439 e. The Hall–Kier alpha value is -3.42. The van der Waals surface area contributed by atoms with E-state index in [-0.39, 0.29) is 17.6 Å². The second kappa shape index (κ2) is 8.30. The Kier molecular flexibility index (Phi) is 5.41. The van der Waals surface area contributed by atoms with E-state index in [9.17, 15) is 9.18 Å². The Morgan fingerprint density at radius 2 is 1.90 bits per heavy atom. The van der Waals surface area contributed by atoms with E-state index in [1.54, 1.807) is 29.3 Å². The second-order valence-electron chi connectivity index (χ2n) is 6.92. The molecule has 1 aromatic carbocycles. The summed E-state index contributed by atoms with van der Waals surface area (Å²) in [5.41, 5.74) is 1.15. The average molecular weight is 393 g/mol. The molecule has 1 aliphatic rings. The zero-order chi connectivity index (χ0) is 20.2. The first kappa shape index (κ1) is 18.9. The second-order valence-corrected chi connectivity index (χ2v) is 6.92. The molecule has 0 radical (unpaired) electrons. The Labute approximate surface area is 167 Å². The zero-order valence-electron chi connectivity index (χ0n) is 16.0. The van der Waals surface area contributed by atoms with Crippen LogP contribution < -0.4 is 4.74 Å². The number of piperidine rings is 1. The molecule has 148 valence electrons. The molecule has 0 saturated carbocycles. The molecule has 1 saturated heterocycles. The van der Waals surface area contributed by atoms with Crippen LogP contribution in [-0.4, -0.2) is 43.8 Å². The van der Waals surface area contributed by atoms with Gasteiger partial charge in [0, 0.05) is 43.2 Å². The lowest BCUT2D eigenvalue weighted by Gasteiger charge is -2.31. The topological polar surface area (TPSA) is 81.1 Å². The first-order chi connectivity index (χ1) is 14.1. The van der Waals surface area contributed by atoms with Crippen LogP contribution in [0.25, 0.3) is 0 Å². The number of hydrogen-bond donors (Lipinski definition) is 0. The van der Waals surface area contributed by atoms with Gasteiger partial charge in [-0.1, -0.05) is 0 Å². The SMILES string of the molecule is Cc1cc(Oc2ccc(F)cc2)nc(C2CCN(C(=O)c3cnccn3)CC2)n1. The monoisotopic (exact) mass is 393 g/mol. The molecule has 0 unspecified atom stereocenters. The molecule has 2 aromatic heterocycles. The van der Waals surface area contributed by atoms with Crippen LogP contribution in [0, 0.1) is 12.7 Å². The van der Waals surface area contributed by atoms with Crippen LogP contribution in [0.5, 0.6) is 11.6 Å². The number of benzene rings is 1. The molecule has 8 heteroatoms. The Morgan fingerprint density at radius 1 is 1.14 bits per heavy atom. The Morgan fingerprint density at radius 3 is 2.59 bits per heavy atom. The summed E-state index contributed by atoms with van der Waals surface area (Å²) in [5, 5.41) is 0. The molecule has 0 N–H and O–H groups in total. The van der Waals surface area contributed by atoms with Crippen molar-refractivity contribution in [2.75, 3.05) is 13.1 Å². The third-order valence-corrected chi connectivity index (χ3v) is 4.81. The predicted molar refractivity (Wildman–Crippen MR) is 103 cm³/mol. The highest BCUT2D eigenvalue weighted by Crippen LogP contribution is 2.29. The number of amides is 1. The highest BCUT2D eigenvalue weighted by molar-refractivity contribution is 5.92. The fourth-order valence-corrected chi connectivity index (χ4v) is 3.33. The number of aromatic nitrogens is 4. The summed E-state index contributed by atoms with van der Waals surface area (Å²) in [6.07, 6.45) is 6.06. The number of carbonyl (C=O) groups is 1. The molecule has 4 rings (SSSR count). The molecule has 1 aliphatic heterocycles. The van der Waals surface area contributed by atoms with Gasteiger partial charge in [0.05, 0.1) is 6.20 Å². The maximum absolute atomic E-state index is 13.1. The van der Waals surface area contributed by atoms with Gasteiger partial charge >= 0.3 is 0 Å². The maximum Gasteiger partial charge on any atom is 0.274 e. The molecule has 0 spiro atoms. The van der Waals surface area contributed by atoms with Crippen LogP contribution in [0.15, 0.2) is 48.9 Å². The van der Waals surface area contributed by atoms with Gasteiger partial charge in [-0.25, -0.2) is 14.4 Å². The molecule has 0 atom stereocenters. The summed E-state index contributed by atoms with van der Waals surface area (Å²) in [6.45, 7) is 3.09. The van der Waals surface area contributed by atoms with Crippen LogP contribution in [0.1, 0.15) is 40.8 Å². The molecular formula is C21H20FN5O2. The van der Waals surface area contributed by atoms with Gasteiger partial charge < -0.3 is 9.64 Å². The first-order valence-electron chi connectivity index (χ1n) is 9.43. The van der Waals surface area contributed by atoms with Crippen LogP contribution in [0.4, 0.5) is 4.39 Å². The van der Waals surface area contributed by atoms with Crippen LogP contribution >= 0.6 is 0 Å². The summed E-state index contributed by atoms with van der Waals surface area (Å²) in [5.74, 6) is 1.35. The van der Waals surface area contributed by atoms with Crippen molar-refractivity contribution in [2.45, 2.75) is 25.7 Å². The van der Waals surface area contributed by atoms with E-state index in [1.165, 1.54) is 24.5 Å². The van der Waals surface area contributed by atoms with E-state index in [2.05, 4.69) is 19.9 Å². The van der Waals surface area contributed by atoms with Crippen molar-refractivity contribution in [1.82, 2.24) is 24.8 Å². The lowest BCUT2D eigenvalue weighted by Crippen LogP contribution is -2.38. The molecular weight excluding hydrogens is 373 g/mol. The van der Waals surface area contributed by atoms with E-state index >= 15 is 0 Å². The molecule has 3 aromatic rings. The van der Waals surface area contributed by atoms with Crippen molar-refractivity contribution in [1.29, 1.82) is 0 Å².